The second kappa shape index (κ2) is 4.85. The molecule has 1 aromatic heterocycles. The number of nitrogens with zero attached hydrogens (tertiary/aromatic N) is 1. The predicted molar refractivity (Wildman–Crippen MR) is 80.7 cm³/mol. The zero-order valence-electron chi connectivity index (χ0n) is 11.3. The van der Waals surface area contributed by atoms with Gasteiger partial charge in [-0.25, -0.2) is 0 Å². The molecule has 0 atom stereocenters. The molecule has 0 aliphatic heterocycles. The van der Waals surface area contributed by atoms with Crippen LogP contribution >= 0.6 is 0 Å². The number of hydrogen-bond acceptors (Lipinski definition) is 1. The van der Waals surface area contributed by atoms with Crippen LogP contribution < -0.4 is 5.73 Å². The highest BCUT2D eigenvalue weighted by Gasteiger charge is 2.09. The van der Waals surface area contributed by atoms with Gasteiger partial charge in [-0.3, -0.25) is 4.79 Å². The summed E-state index contributed by atoms with van der Waals surface area (Å²) in [5.74, 6) is -0.381. The highest BCUT2D eigenvalue weighted by Crippen LogP contribution is 2.20. The van der Waals surface area contributed by atoms with Gasteiger partial charge in [0.2, 0.25) is 5.91 Å². The molecular weight excluding hydrogens is 248 g/mol. The third kappa shape index (κ3) is 2.18. The summed E-state index contributed by atoms with van der Waals surface area (Å²) in [6.07, 6.45) is 2.04. The zero-order valence-corrected chi connectivity index (χ0v) is 11.3. The maximum Gasteiger partial charge on any atom is 0.249 e. The monoisotopic (exact) mass is 264 g/mol. The molecule has 0 radical (unpaired) electrons. The lowest BCUT2D eigenvalue weighted by Gasteiger charge is -2.09. The summed E-state index contributed by atoms with van der Waals surface area (Å²) in [5.41, 5.74) is 9.35. The lowest BCUT2D eigenvalue weighted by Crippen LogP contribution is -2.14. The van der Waals surface area contributed by atoms with E-state index in [0.29, 0.717) is 12.1 Å². The van der Waals surface area contributed by atoms with Crippen LogP contribution in [-0.4, -0.2) is 10.5 Å². The minimum absolute atomic E-state index is 0.381. The first-order valence-electron chi connectivity index (χ1n) is 6.58. The molecule has 0 unspecified atom stereocenters. The molecule has 3 heteroatoms. The Labute approximate surface area is 117 Å². The van der Waals surface area contributed by atoms with Crippen molar-refractivity contribution in [3.8, 4) is 0 Å². The maximum atomic E-state index is 11.5. The van der Waals surface area contributed by atoms with Crippen molar-refractivity contribution >= 4 is 16.8 Å². The average molecular weight is 264 g/mol. The van der Waals surface area contributed by atoms with Crippen molar-refractivity contribution in [2.24, 2.45) is 5.73 Å². The first-order chi connectivity index (χ1) is 9.65. The number of aromatic nitrogens is 1. The molecule has 3 rings (SSSR count). The maximum absolute atomic E-state index is 11.5. The van der Waals surface area contributed by atoms with Gasteiger partial charge in [0.05, 0.1) is 0 Å². The molecule has 0 aliphatic carbocycles. The van der Waals surface area contributed by atoms with Gasteiger partial charge < -0.3 is 10.3 Å². The van der Waals surface area contributed by atoms with Crippen LogP contribution in [0, 0.1) is 6.92 Å². The van der Waals surface area contributed by atoms with E-state index < -0.39 is 0 Å². The SMILES string of the molecule is Cc1ccc2ccn(Cc3ccccc3C(N)=O)c2c1. The molecule has 2 aromatic carbocycles. The van der Waals surface area contributed by atoms with Crippen LogP contribution in [0.25, 0.3) is 10.9 Å². The molecule has 1 amide bonds. The van der Waals surface area contributed by atoms with Gasteiger partial charge in [0.25, 0.3) is 0 Å². The number of benzene rings is 2. The van der Waals surface area contributed by atoms with E-state index in [4.69, 9.17) is 5.73 Å². The molecule has 100 valence electrons. The topological polar surface area (TPSA) is 48.0 Å². The molecule has 0 saturated carbocycles. The van der Waals surface area contributed by atoms with Gasteiger partial charge in [-0.1, -0.05) is 30.3 Å². The average Bonchev–Trinajstić information content (AvgIpc) is 2.82. The highest BCUT2D eigenvalue weighted by molar-refractivity contribution is 5.94. The van der Waals surface area contributed by atoms with Crippen LogP contribution in [0.15, 0.2) is 54.7 Å². The summed E-state index contributed by atoms with van der Waals surface area (Å²) in [7, 11) is 0. The second-order valence-corrected chi connectivity index (χ2v) is 5.03. The summed E-state index contributed by atoms with van der Waals surface area (Å²) in [4.78, 5) is 11.5. The molecule has 0 saturated heterocycles. The normalized spacial score (nSPS) is 10.8. The van der Waals surface area contributed by atoms with Gasteiger partial charge in [0.1, 0.15) is 0 Å². The summed E-state index contributed by atoms with van der Waals surface area (Å²) >= 11 is 0. The van der Waals surface area contributed by atoms with E-state index in [2.05, 4.69) is 35.8 Å². The van der Waals surface area contributed by atoms with E-state index in [1.54, 1.807) is 6.07 Å². The molecule has 3 aromatic rings. The summed E-state index contributed by atoms with van der Waals surface area (Å²) in [5, 5.41) is 1.20. The van der Waals surface area contributed by atoms with Crippen LogP contribution in [0.3, 0.4) is 0 Å². The summed E-state index contributed by atoms with van der Waals surface area (Å²) < 4.78 is 2.14. The minimum atomic E-state index is -0.381. The number of carbonyl (C=O) groups is 1. The Bertz CT molecular complexity index is 787. The fourth-order valence-corrected chi connectivity index (χ4v) is 2.51. The van der Waals surface area contributed by atoms with E-state index >= 15 is 0 Å². The number of amides is 1. The Hall–Kier alpha value is -2.55. The Kier molecular flexibility index (Phi) is 3.03. The van der Waals surface area contributed by atoms with Gasteiger partial charge in [0, 0.05) is 23.8 Å². The van der Waals surface area contributed by atoms with E-state index in [0.717, 1.165) is 5.56 Å². The lowest BCUT2D eigenvalue weighted by atomic mass is 10.1. The van der Waals surface area contributed by atoms with Crippen molar-refractivity contribution in [3.63, 3.8) is 0 Å². The standard InChI is InChI=1S/C17H16N2O/c1-12-6-7-13-8-9-19(16(13)10-12)11-14-4-2-3-5-15(14)17(18)20/h2-10H,11H2,1H3,(H2,18,20). The molecule has 0 spiro atoms. The number of rotatable bonds is 3. The number of hydrogen-bond donors (Lipinski definition) is 1. The van der Waals surface area contributed by atoms with E-state index in [9.17, 15) is 4.79 Å². The predicted octanol–water partition coefficient (Wildman–Crippen LogP) is 3.10. The Morgan fingerprint density at radius 3 is 2.75 bits per heavy atom. The lowest BCUT2D eigenvalue weighted by molar-refractivity contribution is 0.0999. The number of primary amides is 1. The first-order valence-corrected chi connectivity index (χ1v) is 6.58. The fraction of sp³-hybridized carbons (Fsp3) is 0.118. The quantitative estimate of drug-likeness (QED) is 0.776. The van der Waals surface area contributed by atoms with Crippen LogP contribution in [-0.2, 0) is 6.54 Å². The van der Waals surface area contributed by atoms with Crippen molar-refractivity contribution in [2.45, 2.75) is 13.5 Å². The van der Waals surface area contributed by atoms with E-state index in [-0.39, 0.29) is 5.91 Å². The second-order valence-electron chi connectivity index (χ2n) is 5.03. The number of nitrogens with two attached hydrogens (primary N) is 1. The number of aryl methyl sites for hydroxylation is 1. The molecule has 1 heterocycles. The van der Waals surface area contributed by atoms with Crippen molar-refractivity contribution in [1.82, 2.24) is 4.57 Å². The number of carbonyl (C=O) groups excluding carboxylic acids is 1. The minimum Gasteiger partial charge on any atom is -0.366 e. The molecule has 0 fully saturated rings. The summed E-state index contributed by atoms with van der Waals surface area (Å²) in [6.45, 7) is 2.72. The molecule has 0 bridgehead atoms. The van der Waals surface area contributed by atoms with E-state index in [1.807, 2.05) is 24.4 Å². The van der Waals surface area contributed by atoms with Crippen molar-refractivity contribution < 1.29 is 4.79 Å². The smallest absolute Gasteiger partial charge is 0.249 e. The number of fused-ring (bicyclic) bond motifs is 1. The van der Waals surface area contributed by atoms with Gasteiger partial charge >= 0.3 is 0 Å². The van der Waals surface area contributed by atoms with Gasteiger partial charge in [0.15, 0.2) is 0 Å². The molecule has 20 heavy (non-hydrogen) atoms. The van der Waals surface area contributed by atoms with Crippen LogP contribution in [0.2, 0.25) is 0 Å². The molecule has 0 aliphatic rings. The zero-order chi connectivity index (χ0) is 14.1. The van der Waals surface area contributed by atoms with Gasteiger partial charge in [-0.2, -0.15) is 0 Å². The first kappa shape index (κ1) is 12.5. The Balaban J connectivity index is 2.06. The van der Waals surface area contributed by atoms with Gasteiger partial charge in [-0.15, -0.1) is 0 Å². The third-order valence-corrected chi connectivity index (χ3v) is 3.55. The van der Waals surface area contributed by atoms with Crippen LogP contribution in [0.4, 0.5) is 0 Å². The highest BCUT2D eigenvalue weighted by atomic mass is 16.1. The molecule has 3 nitrogen and oxygen atoms in total. The van der Waals surface area contributed by atoms with Crippen molar-refractivity contribution in [3.05, 3.63) is 71.4 Å². The van der Waals surface area contributed by atoms with Gasteiger partial charge in [-0.05, 0) is 41.6 Å². The third-order valence-electron chi connectivity index (χ3n) is 3.55. The Morgan fingerprint density at radius 2 is 1.95 bits per heavy atom. The van der Waals surface area contributed by atoms with Crippen molar-refractivity contribution in [2.75, 3.05) is 0 Å². The summed E-state index contributed by atoms with van der Waals surface area (Å²) in [6, 6.07) is 15.9. The Morgan fingerprint density at radius 1 is 1.15 bits per heavy atom. The largest absolute Gasteiger partial charge is 0.366 e. The molecular formula is C17H16N2O. The van der Waals surface area contributed by atoms with Crippen LogP contribution in [0.5, 0.6) is 0 Å². The van der Waals surface area contributed by atoms with Crippen LogP contribution in [0.1, 0.15) is 21.5 Å². The van der Waals surface area contributed by atoms with Crippen molar-refractivity contribution in [1.29, 1.82) is 0 Å². The molecule has 2 N–H and O–H groups in total. The van der Waals surface area contributed by atoms with E-state index in [1.165, 1.54) is 16.5 Å². The fourth-order valence-electron chi connectivity index (χ4n) is 2.51.